The van der Waals surface area contributed by atoms with Gasteiger partial charge in [0.05, 0.1) is 12.6 Å². The summed E-state index contributed by atoms with van der Waals surface area (Å²) in [7, 11) is 0. The highest BCUT2D eigenvalue weighted by Crippen LogP contribution is 2.37. The Bertz CT molecular complexity index is 493. The first kappa shape index (κ1) is 16.0. The SMILES string of the molecule is CC(C)N(Cc1cccs1)C(=O)C1(C#N)CCCCCC1. The van der Waals surface area contributed by atoms with Crippen molar-refractivity contribution in [2.75, 3.05) is 0 Å². The first-order chi connectivity index (χ1) is 10.1. The molecule has 21 heavy (non-hydrogen) atoms. The third-order valence-electron chi connectivity index (χ3n) is 4.37. The standard InChI is InChI=1S/C17H24N2OS/c1-14(2)19(12-15-8-7-11-21-15)16(20)17(13-18)9-5-3-4-6-10-17/h7-8,11,14H,3-6,9-10,12H2,1-2H3. The second-order valence-corrected chi connectivity index (χ2v) is 7.25. The average Bonchev–Trinajstić information content (AvgIpc) is 2.86. The number of nitriles is 1. The minimum absolute atomic E-state index is 0.0373. The monoisotopic (exact) mass is 304 g/mol. The van der Waals surface area contributed by atoms with Gasteiger partial charge in [-0.1, -0.05) is 31.7 Å². The molecular formula is C17H24N2OS. The van der Waals surface area contributed by atoms with Crippen molar-refractivity contribution in [1.29, 1.82) is 5.26 Å². The van der Waals surface area contributed by atoms with Crippen molar-refractivity contribution in [2.45, 2.75) is 65.0 Å². The van der Waals surface area contributed by atoms with Crippen molar-refractivity contribution in [3.05, 3.63) is 22.4 Å². The molecule has 0 aromatic carbocycles. The summed E-state index contributed by atoms with van der Waals surface area (Å²) in [5.41, 5.74) is -0.794. The molecule has 4 heteroatoms. The van der Waals surface area contributed by atoms with Crippen molar-refractivity contribution in [1.82, 2.24) is 4.90 Å². The van der Waals surface area contributed by atoms with E-state index >= 15 is 0 Å². The molecule has 0 saturated heterocycles. The van der Waals surface area contributed by atoms with Gasteiger partial charge in [0.2, 0.25) is 5.91 Å². The molecular weight excluding hydrogens is 280 g/mol. The van der Waals surface area contributed by atoms with Crippen LogP contribution in [0.5, 0.6) is 0 Å². The smallest absolute Gasteiger partial charge is 0.243 e. The van der Waals surface area contributed by atoms with E-state index < -0.39 is 5.41 Å². The van der Waals surface area contributed by atoms with Crippen LogP contribution in [0.1, 0.15) is 57.2 Å². The maximum atomic E-state index is 13.1. The summed E-state index contributed by atoms with van der Waals surface area (Å²) in [4.78, 5) is 16.1. The molecule has 0 bridgehead atoms. The molecule has 1 aliphatic rings. The molecule has 1 fully saturated rings. The molecule has 1 aromatic rings. The lowest BCUT2D eigenvalue weighted by Gasteiger charge is -2.34. The van der Waals surface area contributed by atoms with Crippen molar-refractivity contribution < 1.29 is 4.79 Å². The van der Waals surface area contributed by atoms with Gasteiger partial charge in [0.1, 0.15) is 5.41 Å². The molecule has 0 N–H and O–H groups in total. The van der Waals surface area contributed by atoms with Gasteiger partial charge in [-0.25, -0.2) is 0 Å². The zero-order chi connectivity index (χ0) is 15.3. The fourth-order valence-corrected chi connectivity index (χ4v) is 3.74. The van der Waals surface area contributed by atoms with Crippen LogP contribution in [0.3, 0.4) is 0 Å². The molecule has 3 nitrogen and oxygen atoms in total. The number of rotatable bonds is 4. The molecule has 0 spiro atoms. The Kier molecular flexibility index (Phi) is 5.41. The van der Waals surface area contributed by atoms with Gasteiger partial charge in [-0.05, 0) is 38.1 Å². The quantitative estimate of drug-likeness (QED) is 0.776. The molecule has 0 atom stereocenters. The summed E-state index contributed by atoms with van der Waals surface area (Å²) in [6.07, 6.45) is 5.70. The van der Waals surface area contributed by atoms with E-state index in [1.54, 1.807) is 11.3 Å². The van der Waals surface area contributed by atoms with E-state index in [0.717, 1.165) is 38.5 Å². The molecule has 0 radical (unpaired) electrons. The Balaban J connectivity index is 2.21. The van der Waals surface area contributed by atoms with Gasteiger partial charge in [-0.2, -0.15) is 5.26 Å². The van der Waals surface area contributed by atoms with E-state index in [1.165, 1.54) is 4.88 Å². The predicted molar refractivity (Wildman–Crippen MR) is 85.8 cm³/mol. The van der Waals surface area contributed by atoms with Crippen LogP contribution >= 0.6 is 11.3 Å². The van der Waals surface area contributed by atoms with Gasteiger partial charge >= 0.3 is 0 Å². The van der Waals surface area contributed by atoms with Crippen LogP contribution in [0.15, 0.2) is 17.5 Å². The molecule has 1 aromatic heterocycles. The zero-order valence-corrected chi connectivity index (χ0v) is 13.8. The molecule has 1 heterocycles. The molecule has 0 aliphatic heterocycles. The predicted octanol–water partition coefficient (Wildman–Crippen LogP) is 4.35. The highest BCUT2D eigenvalue weighted by molar-refractivity contribution is 7.09. The van der Waals surface area contributed by atoms with Crippen LogP contribution in [0.4, 0.5) is 0 Å². The van der Waals surface area contributed by atoms with Gasteiger partial charge in [-0.3, -0.25) is 4.79 Å². The summed E-state index contributed by atoms with van der Waals surface area (Å²) >= 11 is 1.67. The van der Waals surface area contributed by atoms with Gasteiger partial charge in [0.25, 0.3) is 0 Å². The van der Waals surface area contributed by atoms with Gasteiger partial charge in [0.15, 0.2) is 0 Å². The minimum Gasteiger partial charge on any atom is -0.334 e. The number of amides is 1. The van der Waals surface area contributed by atoms with Gasteiger partial charge in [0, 0.05) is 10.9 Å². The number of hydrogen-bond donors (Lipinski definition) is 0. The Morgan fingerprint density at radius 2 is 2.05 bits per heavy atom. The van der Waals surface area contributed by atoms with Crippen LogP contribution in [0.25, 0.3) is 0 Å². The summed E-state index contributed by atoms with van der Waals surface area (Å²) in [6, 6.07) is 6.57. The first-order valence-electron chi connectivity index (χ1n) is 7.84. The minimum atomic E-state index is -0.794. The van der Waals surface area contributed by atoms with E-state index in [4.69, 9.17) is 0 Å². The highest BCUT2D eigenvalue weighted by Gasteiger charge is 2.42. The van der Waals surface area contributed by atoms with E-state index in [2.05, 4.69) is 12.1 Å². The number of carbonyl (C=O) groups excluding carboxylic acids is 1. The van der Waals surface area contributed by atoms with Crippen LogP contribution < -0.4 is 0 Å². The fourth-order valence-electron chi connectivity index (χ4n) is 3.04. The summed E-state index contributed by atoms with van der Waals surface area (Å²) in [5, 5.41) is 11.7. The maximum absolute atomic E-state index is 13.1. The first-order valence-corrected chi connectivity index (χ1v) is 8.72. The molecule has 1 saturated carbocycles. The van der Waals surface area contributed by atoms with E-state index in [0.29, 0.717) is 6.54 Å². The van der Waals surface area contributed by atoms with Crippen molar-refractivity contribution in [3.63, 3.8) is 0 Å². The van der Waals surface area contributed by atoms with Gasteiger partial charge < -0.3 is 4.90 Å². The molecule has 2 rings (SSSR count). The second-order valence-electron chi connectivity index (χ2n) is 6.21. The number of hydrogen-bond acceptors (Lipinski definition) is 3. The topological polar surface area (TPSA) is 44.1 Å². The van der Waals surface area contributed by atoms with E-state index in [9.17, 15) is 10.1 Å². The van der Waals surface area contributed by atoms with Crippen LogP contribution in [-0.4, -0.2) is 16.8 Å². The van der Waals surface area contributed by atoms with Crippen molar-refractivity contribution in [2.24, 2.45) is 5.41 Å². The Morgan fingerprint density at radius 3 is 2.52 bits per heavy atom. The summed E-state index contributed by atoms with van der Waals surface area (Å²) in [5.74, 6) is 0.0373. The molecule has 1 amide bonds. The van der Waals surface area contributed by atoms with Crippen molar-refractivity contribution in [3.8, 4) is 6.07 Å². The summed E-state index contributed by atoms with van der Waals surface area (Å²) < 4.78 is 0. The van der Waals surface area contributed by atoms with Crippen molar-refractivity contribution >= 4 is 17.2 Å². The van der Waals surface area contributed by atoms with Crippen LogP contribution in [0, 0.1) is 16.7 Å². The Hall–Kier alpha value is -1.34. The lowest BCUT2D eigenvalue weighted by Crippen LogP contribution is -2.46. The van der Waals surface area contributed by atoms with E-state index in [1.807, 2.05) is 30.2 Å². The lowest BCUT2D eigenvalue weighted by atomic mass is 9.80. The summed E-state index contributed by atoms with van der Waals surface area (Å²) in [6.45, 7) is 4.69. The third kappa shape index (κ3) is 3.65. The molecule has 114 valence electrons. The lowest BCUT2D eigenvalue weighted by molar-refractivity contribution is -0.142. The Labute approximate surface area is 131 Å². The normalized spacial score (nSPS) is 18.0. The van der Waals surface area contributed by atoms with Gasteiger partial charge in [-0.15, -0.1) is 11.3 Å². The zero-order valence-electron chi connectivity index (χ0n) is 13.0. The van der Waals surface area contributed by atoms with Crippen LogP contribution in [-0.2, 0) is 11.3 Å². The molecule has 1 aliphatic carbocycles. The van der Waals surface area contributed by atoms with E-state index in [-0.39, 0.29) is 11.9 Å². The molecule has 0 unspecified atom stereocenters. The van der Waals surface area contributed by atoms with Crippen LogP contribution in [0.2, 0.25) is 0 Å². The number of nitrogens with zero attached hydrogens (tertiary/aromatic N) is 2. The second kappa shape index (κ2) is 7.09. The Morgan fingerprint density at radius 1 is 1.38 bits per heavy atom. The average molecular weight is 304 g/mol. The maximum Gasteiger partial charge on any atom is 0.243 e. The number of carbonyl (C=O) groups is 1. The third-order valence-corrected chi connectivity index (χ3v) is 5.23. The fraction of sp³-hybridized carbons (Fsp3) is 0.647. The largest absolute Gasteiger partial charge is 0.334 e. The number of thiophene rings is 1. The highest BCUT2D eigenvalue weighted by atomic mass is 32.1.